The van der Waals surface area contributed by atoms with Gasteiger partial charge in [0.05, 0.1) is 5.60 Å². The maximum atomic E-state index is 6.12. The first-order valence-electron chi connectivity index (χ1n) is 6.46. The Bertz CT molecular complexity index is 183. The van der Waals surface area contributed by atoms with Gasteiger partial charge in [-0.05, 0) is 24.7 Å². The fourth-order valence-electron chi connectivity index (χ4n) is 2.42. The monoisotopic (exact) mass is 213 g/mol. The second-order valence-electron chi connectivity index (χ2n) is 5.41. The molecule has 0 aromatic heterocycles. The van der Waals surface area contributed by atoms with Crippen LogP contribution in [0.5, 0.6) is 0 Å². The molecule has 0 bridgehead atoms. The van der Waals surface area contributed by atoms with Crippen molar-refractivity contribution in [2.75, 3.05) is 13.2 Å². The van der Waals surface area contributed by atoms with E-state index in [1.165, 1.54) is 19.3 Å². The molecule has 1 fully saturated rings. The summed E-state index contributed by atoms with van der Waals surface area (Å²) in [7, 11) is 0. The van der Waals surface area contributed by atoms with Gasteiger partial charge in [-0.15, -0.1) is 0 Å². The summed E-state index contributed by atoms with van der Waals surface area (Å²) in [5, 5.41) is 0. The first kappa shape index (κ1) is 13.0. The van der Waals surface area contributed by atoms with Crippen molar-refractivity contribution in [2.45, 2.75) is 58.5 Å². The lowest BCUT2D eigenvalue weighted by molar-refractivity contribution is -0.0853. The van der Waals surface area contributed by atoms with Crippen molar-refractivity contribution in [3.8, 4) is 0 Å². The SMILES string of the molecule is CCC(C)COC1(CN)CCCC(C)C1. The van der Waals surface area contributed by atoms with Gasteiger partial charge in [0.15, 0.2) is 0 Å². The summed E-state index contributed by atoms with van der Waals surface area (Å²) in [6.45, 7) is 8.34. The molecule has 3 unspecified atom stereocenters. The lowest BCUT2D eigenvalue weighted by atomic mass is 9.78. The number of rotatable bonds is 5. The Morgan fingerprint density at radius 2 is 2.27 bits per heavy atom. The van der Waals surface area contributed by atoms with Gasteiger partial charge in [-0.3, -0.25) is 0 Å². The molecule has 1 aliphatic carbocycles. The standard InChI is InChI=1S/C13H27NO/c1-4-11(2)9-15-13(10-14)7-5-6-12(3)8-13/h11-12H,4-10,14H2,1-3H3. The van der Waals surface area contributed by atoms with Gasteiger partial charge < -0.3 is 10.5 Å². The quantitative estimate of drug-likeness (QED) is 0.762. The lowest BCUT2D eigenvalue weighted by Crippen LogP contribution is -2.45. The number of nitrogens with two attached hydrogens (primary N) is 1. The van der Waals surface area contributed by atoms with Crippen LogP contribution < -0.4 is 5.73 Å². The first-order valence-corrected chi connectivity index (χ1v) is 6.46. The molecule has 1 saturated carbocycles. The van der Waals surface area contributed by atoms with Crippen LogP contribution >= 0.6 is 0 Å². The first-order chi connectivity index (χ1) is 7.12. The Balaban J connectivity index is 2.44. The van der Waals surface area contributed by atoms with Crippen LogP contribution in [-0.4, -0.2) is 18.8 Å². The molecule has 0 aromatic rings. The van der Waals surface area contributed by atoms with Crippen LogP contribution in [0.1, 0.15) is 52.9 Å². The molecule has 2 N–H and O–H groups in total. The van der Waals surface area contributed by atoms with Crippen molar-refractivity contribution in [1.29, 1.82) is 0 Å². The third kappa shape index (κ3) is 3.76. The zero-order valence-corrected chi connectivity index (χ0v) is 10.6. The van der Waals surface area contributed by atoms with Crippen LogP contribution in [0, 0.1) is 11.8 Å². The lowest BCUT2D eigenvalue weighted by Gasteiger charge is -2.39. The molecule has 2 heteroatoms. The number of ether oxygens (including phenoxy) is 1. The highest BCUT2D eigenvalue weighted by Gasteiger charge is 2.34. The summed E-state index contributed by atoms with van der Waals surface area (Å²) in [6.07, 6.45) is 6.12. The summed E-state index contributed by atoms with van der Waals surface area (Å²) in [6, 6.07) is 0. The molecule has 0 heterocycles. The Kier molecular flexibility index (Phi) is 5.07. The molecule has 0 aromatic carbocycles. The van der Waals surface area contributed by atoms with E-state index in [1.54, 1.807) is 0 Å². The van der Waals surface area contributed by atoms with Gasteiger partial charge in [0.25, 0.3) is 0 Å². The topological polar surface area (TPSA) is 35.2 Å². The summed E-state index contributed by atoms with van der Waals surface area (Å²) in [5.74, 6) is 1.44. The molecular formula is C13H27NO. The van der Waals surface area contributed by atoms with Crippen LogP contribution in [0.15, 0.2) is 0 Å². The van der Waals surface area contributed by atoms with Gasteiger partial charge in [0, 0.05) is 13.2 Å². The van der Waals surface area contributed by atoms with Crippen LogP contribution in [0.4, 0.5) is 0 Å². The van der Waals surface area contributed by atoms with Crippen molar-refractivity contribution in [3.63, 3.8) is 0 Å². The summed E-state index contributed by atoms with van der Waals surface area (Å²) >= 11 is 0. The molecule has 0 spiro atoms. The zero-order valence-electron chi connectivity index (χ0n) is 10.6. The van der Waals surface area contributed by atoms with Crippen molar-refractivity contribution in [2.24, 2.45) is 17.6 Å². The smallest absolute Gasteiger partial charge is 0.0806 e. The van der Waals surface area contributed by atoms with Gasteiger partial charge in [0.1, 0.15) is 0 Å². The summed E-state index contributed by atoms with van der Waals surface area (Å²) < 4.78 is 6.12. The Hall–Kier alpha value is -0.0800. The van der Waals surface area contributed by atoms with E-state index in [1.807, 2.05) is 0 Å². The molecule has 0 radical (unpaired) electrons. The maximum absolute atomic E-state index is 6.12. The van der Waals surface area contributed by atoms with E-state index < -0.39 is 0 Å². The van der Waals surface area contributed by atoms with Crippen molar-refractivity contribution in [1.82, 2.24) is 0 Å². The number of hydrogen-bond acceptors (Lipinski definition) is 2. The highest BCUT2D eigenvalue weighted by Crippen LogP contribution is 2.34. The Morgan fingerprint density at radius 3 is 2.80 bits per heavy atom. The summed E-state index contributed by atoms with van der Waals surface area (Å²) in [4.78, 5) is 0. The molecule has 0 amide bonds. The largest absolute Gasteiger partial charge is 0.373 e. The fraction of sp³-hybridized carbons (Fsp3) is 1.00. The Labute approximate surface area is 94.6 Å². The maximum Gasteiger partial charge on any atom is 0.0806 e. The average molecular weight is 213 g/mol. The highest BCUT2D eigenvalue weighted by molar-refractivity contribution is 4.88. The van der Waals surface area contributed by atoms with Crippen LogP contribution in [0.25, 0.3) is 0 Å². The summed E-state index contributed by atoms with van der Waals surface area (Å²) in [5.41, 5.74) is 5.90. The third-order valence-electron chi connectivity index (χ3n) is 3.79. The second kappa shape index (κ2) is 5.86. The van der Waals surface area contributed by atoms with E-state index in [-0.39, 0.29) is 5.60 Å². The van der Waals surface area contributed by atoms with Crippen LogP contribution in [0.3, 0.4) is 0 Å². The molecule has 2 nitrogen and oxygen atoms in total. The molecule has 90 valence electrons. The van der Waals surface area contributed by atoms with Crippen molar-refractivity contribution >= 4 is 0 Å². The van der Waals surface area contributed by atoms with E-state index in [0.29, 0.717) is 12.5 Å². The van der Waals surface area contributed by atoms with E-state index in [2.05, 4.69) is 20.8 Å². The van der Waals surface area contributed by atoms with E-state index >= 15 is 0 Å². The Morgan fingerprint density at radius 1 is 1.53 bits per heavy atom. The molecule has 0 saturated heterocycles. The molecule has 1 rings (SSSR count). The minimum absolute atomic E-state index is 0.00109. The zero-order chi connectivity index (χ0) is 11.3. The highest BCUT2D eigenvalue weighted by atomic mass is 16.5. The molecular weight excluding hydrogens is 186 g/mol. The molecule has 15 heavy (non-hydrogen) atoms. The van der Waals surface area contributed by atoms with E-state index in [9.17, 15) is 0 Å². The third-order valence-corrected chi connectivity index (χ3v) is 3.79. The van der Waals surface area contributed by atoms with Crippen molar-refractivity contribution in [3.05, 3.63) is 0 Å². The minimum Gasteiger partial charge on any atom is -0.373 e. The molecule has 0 aliphatic heterocycles. The minimum atomic E-state index is 0.00109. The van der Waals surface area contributed by atoms with E-state index in [0.717, 1.165) is 25.4 Å². The average Bonchev–Trinajstić information content (AvgIpc) is 2.26. The normalized spacial score (nSPS) is 34.0. The molecule has 1 aliphatic rings. The van der Waals surface area contributed by atoms with Gasteiger partial charge in [-0.25, -0.2) is 0 Å². The van der Waals surface area contributed by atoms with Crippen LogP contribution in [0.2, 0.25) is 0 Å². The predicted octanol–water partition coefficient (Wildman–Crippen LogP) is 2.96. The van der Waals surface area contributed by atoms with Crippen molar-refractivity contribution < 1.29 is 4.74 Å². The van der Waals surface area contributed by atoms with Gasteiger partial charge in [0.2, 0.25) is 0 Å². The van der Waals surface area contributed by atoms with E-state index in [4.69, 9.17) is 10.5 Å². The second-order valence-corrected chi connectivity index (χ2v) is 5.41. The van der Waals surface area contributed by atoms with Gasteiger partial charge in [-0.1, -0.05) is 40.0 Å². The van der Waals surface area contributed by atoms with Gasteiger partial charge >= 0.3 is 0 Å². The number of hydrogen-bond donors (Lipinski definition) is 1. The molecule has 3 atom stereocenters. The van der Waals surface area contributed by atoms with Crippen LogP contribution in [-0.2, 0) is 4.74 Å². The fourth-order valence-corrected chi connectivity index (χ4v) is 2.42. The predicted molar refractivity (Wildman–Crippen MR) is 64.8 cm³/mol. The van der Waals surface area contributed by atoms with Gasteiger partial charge in [-0.2, -0.15) is 0 Å².